The van der Waals surface area contributed by atoms with Crippen LogP contribution in [0.2, 0.25) is 0 Å². The van der Waals surface area contributed by atoms with Crippen LogP contribution in [0.5, 0.6) is 0 Å². The van der Waals surface area contributed by atoms with Crippen molar-refractivity contribution in [2.75, 3.05) is 18.9 Å². The van der Waals surface area contributed by atoms with Crippen molar-refractivity contribution in [3.8, 4) is 0 Å². The maximum atomic E-state index is 11.5. The van der Waals surface area contributed by atoms with Crippen molar-refractivity contribution in [2.45, 2.75) is 24.7 Å². The maximum Gasteiger partial charge on any atom is 0.220 e. The zero-order valence-corrected chi connectivity index (χ0v) is 13.5. The topological polar surface area (TPSA) is 49.3 Å². The van der Waals surface area contributed by atoms with Gasteiger partial charge in [0.15, 0.2) is 0 Å². The van der Waals surface area contributed by atoms with Crippen LogP contribution in [0.25, 0.3) is 0 Å². The molecule has 1 unspecified atom stereocenters. The van der Waals surface area contributed by atoms with Crippen LogP contribution in [0.15, 0.2) is 33.6 Å². The van der Waals surface area contributed by atoms with Gasteiger partial charge in [-0.15, -0.1) is 11.8 Å². The van der Waals surface area contributed by atoms with Crippen LogP contribution in [0, 0.1) is 5.92 Å². The maximum absolute atomic E-state index is 11.5. The third-order valence-corrected chi connectivity index (χ3v) is 4.22. The third-order valence-electron chi connectivity index (χ3n) is 2.59. The summed E-state index contributed by atoms with van der Waals surface area (Å²) in [6.45, 7) is 2.57. The van der Waals surface area contributed by atoms with Crippen molar-refractivity contribution in [1.82, 2.24) is 5.32 Å². The fourth-order valence-electron chi connectivity index (χ4n) is 1.39. The Morgan fingerprint density at radius 2 is 2.11 bits per heavy atom. The van der Waals surface area contributed by atoms with Gasteiger partial charge in [0, 0.05) is 28.9 Å². The van der Waals surface area contributed by atoms with Gasteiger partial charge < -0.3 is 10.4 Å². The van der Waals surface area contributed by atoms with Crippen LogP contribution in [-0.2, 0) is 4.79 Å². The van der Waals surface area contributed by atoms with Gasteiger partial charge in [0.1, 0.15) is 0 Å². The van der Waals surface area contributed by atoms with E-state index < -0.39 is 0 Å². The zero-order chi connectivity index (χ0) is 14.1. The van der Waals surface area contributed by atoms with E-state index in [1.807, 2.05) is 19.1 Å². The van der Waals surface area contributed by atoms with E-state index in [1.54, 1.807) is 11.8 Å². The summed E-state index contributed by atoms with van der Waals surface area (Å²) in [5.41, 5.74) is 0. The molecule has 0 saturated carbocycles. The second kappa shape index (κ2) is 9.39. The summed E-state index contributed by atoms with van der Waals surface area (Å²) in [6.07, 6.45) is 1.40. The van der Waals surface area contributed by atoms with Crippen molar-refractivity contribution >= 4 is 33.6 Å². The standard InChI is InChI=1S/C14H20BrNO2S/c1-11(10-17)9-16-14(18)3-2-8-19-13-6-4-12(15)5-7-13/h4-7,11,17H,2-3,8-10H2,1H3,(H,16,18). The van der Waals surface area contributed by atoms with E-state index in [0.717, 1.165) is 16.6 Å². The summed E-state index contributed by atoms with van der Waals surface area (Å²) in [6, 6.07) is 8.17. The lowest BCUT2D eigenvalue weighted by Crippen LogP contribution is -2.29. The summed E-state index contributed by atoms with van der Waals surface area (Å²) < 4.78 is 1.08. The molecule has 0 aliphatic carbocycles. The summed E-state index contributed by atoms with van der Waals surface area (Å²) in [4.78, 5) is 12.7. The lowest BCUT2D eigenvalue weighted by Gasteiger charge is -2.09. The van der Waals surface area contributed by atoms with E-state index >= 15 is 0 Å². The first-order valence-corrected chi connectivity index (χ1v) is 8.15. The molecule has 0 aliphatic rings. The fraction of sp³-hybridized carbons (Fsp3) is 0.500. The lowest BCUT2D eigenvalue weighted by molar-refractivity contribution is -0.121. The molecule has 0 heterocycles. The minimum absolute atomic E-state index is 0.0664. The molecule has 1 aromatic carbocycles. The Kier molecular flexibility index (Phi) is 8.18. The Labute approximate surface area is 127 Å². The molecule has 0 fully saturated rings. The molecule has 2 N–H and O–H groups in total. The first kappa shape index (κ1) is 16.5. The van der Waals surface area contributed by atoms with Crippen LogP contribution in [0.4, 0.5) is 0 Å². The van der Waals surface area contributed by atoms with Gasteiger partial charge in [-0.05, 0) is 42.4 Å². The number of hydrogen-bond donors (Lipinski definition) is 2. The van der Waals surface area contributed by atoms with E-state index in [9.17, 15) is 4.79 Å². The monoisotopic (exact) mass is 345 g/mol. The van der Waals surface area contributed by atoms with Crippen LogP contribution < -0.4 is 5.32 Å². The van der Waals surface area contributed by atoms with Gasteiger partial charge in [0.25, 0.3) is 0 Å². The van der Waals surface area contributed by atoms with E-state index in [0.29, 0.717) is 13.0 Å². The number of benzene rings is 1. The molecule has 1 amide bonds. The second-order valence-electron chi connectivity index (χ2n) is 4.50. The number of thioether (sulfide) groups is 1. The summed E-state index contributed by atoms with van der Waals surface area (Å²) >= 11 is 5.16. The van der Waals surface area contributed by atoms with Gasteiger partial charge in [-0.25, -0.2) is 0 Å². The molecule has 0 aromatic heterocycles. The number of amides is 1. The second-order valence-corrected chi connectivity index (χ2v) is 6.58. The highest BCUT2D eigenvalue weighted by atomic mass is 79.9. The highest BCUT2D eigenvalue weighted by molar-refractivity contribution is 9.10. The molecule has 0 bridgehead atoms. The Morgan fingerprint density at radius 1 is 1.42 bits per heavy atom. The number of rotatable bonds is 8. The molecule has 5 heteroatoms. The first-order valence-electron chi connectivity index (χ1n) is 6.37. The smallest absolute Gasteiger partial charge is 0.220 e. The summed E-state index contributed by atoms with van der Waals surface area (Å²) in [7, 11) is 0. The Bertz CT molecular complexity index is 384. The van der Waals surface area contributed by atoms with Crippen molar-refractivity contribution in [1.29, 1.82) is 0 Å². The number of aliphatic hydroxyl groups excluding tert-OH is 1. The molecule has 0 radical (unpaired) electrons. The van der Waals surface area contributed by atoms with Gasteiger partial charge in [-0.3, -0.25) is 4.79 Å². The van der Waals surface area contributed by atoms with Crippen LogP contribution in [-0.4, -0.2) is 29.9 Å². The zero-order valence-electron chi connectivity index (χ0n) is 11.1. The molecule has 106 valence electrons. The molecule has 0 saturated heterocycles. The predicted molar refractivity (Wildman–Crippen MR) is 83.4 cm³/mol. The predicted octanol–water partition coefficient (Wildman–Crippen LogP) is 3.07. The van der Waals surface area contributed by atoms with Crippen molar-refractivity contribution < 1.29 is 9.90 Å². The van der Waals surface area contributed by atoms with E-state index in [-0.39, 0.29) is 18.4 Å². The van der Waals surface area contributed by atoms with Crippen LogP contribution in [0.3, 0.4) is 0 Å². The Hall–Kier alpha value is -0.520. The van der Waals surface area contributed by atoms with E-state index in [2.05, 4.69) is 33.4 Å². The average Bonchev–Trinajstić information content (AvgIpc) is 2.42. The minimum atomic E-state index is 0.0664. The normalized spacial score (nSPS) is 12.2. The largest absolute Gasteiger partial charge is 0.396 e. The Balaban J connectivity index is 2.10. The lowest BCUT2D eigenvalue weighted by atomic mass is 10.2. The third kappa shape index (κ3) is 7.60. The fourth-order valence-corrected chi connectivity index (χ4v) is 2.51. The number of nitrogens with one attached hydrogen (secondary N) is 1. The molecule has 1 atom stereocenters. The highest BCUT2D eigenvalue weighted by Gasteiger charge is 2.04. The van der Waals surface area contributed by atoms with E-state index in [4.69, 9.17) is 5.11 Å². The first-order chi connectivity index (χ1) is 9.11. The highest BCUT2D eigenvalue weighted by Crippen LogP contribution is 2.21. The molecule has 1 aromatic rings. The molecule has 0 aliphatic heterocycles. The molecule has 3 nitrogen and oxygen atoms in total. The Morgan fingerprint density at radius 3 is 2.74 bits per heavy atom. The molecule has 19 heavy (non-hydrogen) atoms. The van der Waals surface area contributed by atoms with Crippen molar-refractivity contribution in [3.63, 3.8) is 0 Å². The minimum Gasteiger partial charge on any atom is -0.396 e. The molecular weight excluding hydrogens is 326 g/mol. The van der Waals surface area contributed by atoms with Crippen LogP contribution in [0.1, 0.15) is 19.8 Å². The van der Waals surface area contributed by atoms with Crippen molar-refractivity contribution in [3.05, 3.63) is 28.7 Å². The number of aliphatic hydroxyl groups is 1. The number of carbonyl (C=O) groups excluding carboxylic acids is 1. The van der Waals surface area contributed by atoms with Gasteiger partial charge >= 0.3 is 0 Å². The number of halogens is 1. The number of carbonyl (C=O) groups is 1. The molecular formula is C14H20BrNO2S. The molecule has 1 rings (SSSR count). The average molecular weight is 346 g/mol. The molecule has 0 spiro atoms. The van der Waals surface area contributed by atoms with Gasteiger partial charge in [0.2, 0.25) is 5.91 Å². The summed E-state index contributed by atoms with van der Waals surface area (Å²) in [5, 5.41) is 11.7. The van der Waals surface area contributed by atoms with Crippen LogP contribution >= 0.6 is 27.7 Å². The number of hydrogen-bond acceptors (Lipinski definition) is 3. The summed E-state index contributed by atoms with van der Waals surface area (Å²) in [5.74, 6) is 1.13. The van der Waals surface area contributed by atoms with E-state index in [1.165, 1.54) is 4.90 Å². The van der Waals surface area contributed by atoms with Gasteiger partial charge in [0.05, 0.1) is 0 Å². The SMILES string of the molecule is CC(CO)CNC(=O)CCCSc1ccc(Br)cc1. The quantitative estimate of drug-likeness (QED) is 0.562. The van der Waals surface area contributed by atoms with Crippen molar-refractivity contribution in [2.24, 2.45) is 5.92 Å². The van der Waals surface area contributed by atoms with Gasteiger partial charge in [-0.1, -0.05) is 22.9 Å². The van der Waals surface area contributed by atoms with Gasteiger partial charge in [-0.2, -0.15) is 0 Å².